The van der Waals surface area contributed by atoms with Gasteiger partial charge in [-0.2, -0.15) is 6.08 Å². The molecule has 0 aromatic heterocycles. The van der Waals surface area contributed by atoms with E-state index in [2.05, 4.69) is 207 Å². The Bertz CT molecular complexity index is 2970. The Morgan fingerprint density at radius 1 is 0.365 bits per heavy atom. The first-order chi connectivity index (χ1) is 45.9. The van der Waals surface area contributed by atoms with Crippen molar-refractivity contribution >= 4 is 24.8 Å². The van der Waals surface area contributed by atoms with Crippen molar-refractivity contribution < 1.29 is 49.0 Å². The predicted molar refractivity (Wildman–Crippen MR) is 417 cm³/mol. The normalized spacial score (nSPS) is 11.9. The molecule has 0 amide bonds. The Balaban J connectivity index is 0.000000716. The molecule has 1 aliphatic rings. The number of benzene rings is 6. The zero-order chi connectivity index (χ0) is 66.7. The molecule has 526 valence electrons. The maximum atomic E-state index is 2.99. The van der Waals surface area contributed by atoms with Gasteiger partial charge in [0.25, 0.3) is 0 Å². The van der Waals surface area contributed by atoms with Crippen LogP contribution in [0, 0.1) is 6.08 Å². The first-order valence-electron chi connectivity index (χ1n) is 39.1. The summed E-state index contributed by atoms with van der Waals surface area (Å²) in [4.78, 5) is 0. The molecule has 0 radical (unpaired) electrons. The Morgan fingerprint density at radius 3 is 0.927 bits per heavy atom. The average Bonchev–Trinajstić information content (AvgIpc) is 1.54. The van der Waals surface area contributed by atoms with E-state index in [1.54, 1.807) is 27.4 Å². The van der Waals surface area contributed by atoms with E-state index >= 15 is 0 Å². The molecule has 0 aliphatic heterocycles. The van der Waals surface area contributed by atoms with Crippen LogP contribution in [0.2, 0.25) is 0 Å². The molecule has 0 nitrogen and oxygen atoms in total. The molecular formula is C93H132Cl2Zr-4. The third-order valence-electron chi connectivity index (χ3n) is 19.9. The number of fused-ring (bicyclic) bond motifs is 3. The van der Waals surface area contributed by atoms with E-state index in [4.69, 9.17) is 0 Å². The van der Waals surface area contributed by atoms with E-state index in [0.29, 0.717) is 0 Å². The van der Waals surface area contributed by atoms with Gasteiger partial charge in [0.05, 0.1) is 0 Å². The molecule has 0 spiro atoms. The van der Waals surface area contributed by atoms with Gasteiger partial charge < -0.3 is 24.8 Å². The summed E-state index contributed by atoms with van der Waals surface area (Å²) >= 11 is 1.55. The molecular weight excluding hydrogens is 1280 g/mol. The standard InChI is InChI=1S/C73H113.C15H14.C5H5.2ClH.Zr/c1-9-11-13-15-17-19-21-23-25-27-29-31-33-35-37-39-41-43-49-60-51-45-47-53-64(60)68-56-62-55-63-57-69(71(73(6,7)8)59-67(63)66(62)58-70(68)72(3,4)5)65-54-48-46-52-61(65)50-44-42-40-38-36-34-32-30-28-26-24-22-20-18-16-14-12-10-2;1-3-8-14(9-4-1)12-7-13-15-10-5-2-6-11-15;1-2-4-5-3-1;;;/h45-48,51-59H,9-44,49-50H2,1-8H3;1-6,8-11H,12-13H2;1-3H,4H2;2*1H;/q-1;;-1;;;/p-2. The van der Waals surface area contributed by atoms with Crippen LogP contribution in [-0.4, -0.2) is 3.21 Å². The van der Waals surface area contributed by atoms with Gasteiger partial charge in [0.1, 0.15) is 0 Å². The molecule has 0 heterocycles. The van der Waals surface area contributed by atoms with Gasteiger partial charge in [-0.25, -0.2) is 12.2 Å². The average molecular weight is 1410 g/mol. The topological polar surface area (TPSA) is 0 Å². The van der Waals surface area contributed by atoms with E-state index in [1.807, 2.05) is 12.2 Å². The fourth-order valence-electron chi connectivity index (χ4n) is 14.3. The van der Waals surface area contributed by atoms with E-state index in [0.717, 1.165) is 32.1 Å². The third kappa shape index (κ3) is 33.0. The molecule has 3 heteroatoms. The number of allylic oxidation sites excluding steroid dienone is 4. The number of unbranched alkanes of at least 4 members (excludes halogenated alkanes) is 34. The first kappa shape index (κ1) is 84.4. The SMILES string of the molecule is CCCCCCCCCCCCCCCCCCCCc1ccccc1-c1cc2[cH-]c3cc(-c4ccccc4CCCCCCCCCCCCCCCCCCCC)c(C(C)(C)C)cc3c2cc1C(C)(C)C.[C-]1=CC=CC1.[Cl-].[Cl-].[Zr]=[C](Cc1ccccc1)Cc1ccccc1. The van der Waals surface area contributed by atoms with Gasteiger partial charge in [-0.1, -0.05) is 334 Å². The summed E-state index contributed by atoms with van der Waals surface area (Å²) in [7, 11) is 0. The van der Waals surface area contributed by atoms with Gasteiger partial charge in [-0.3, -0.25) is 6.08 Å². The van der Waals surface area contributed by atoms with Crippen LogP contribution in [0.15, 0.2) is 158 Å². The van der Waals surface area contributed by atoms with Crippen LogP contribution in [0.3, 0.4) is 0 Å². The Labute approximate surface area is 617 Å². The molecule has 1 aliphatic carbocycles. The number of halogens is 2. The van der Waals surface area contributed by atoms with Gasteiger partial charge in [0, 0.05) is 0 Å². The fraction of sp³-hybridized carbons (Fsp3) is 0.548. The van der Waals surface area contributed by atoms with Crippen LogP contribution in [0.4, 0.5) is 0 Å². The summed E-state index contributed by atoms with van der Waals surface area (Å²) < 4.78 is 1.60. The molecule has 0 bridgehead atoms. The van der Waals surface area contributed by atoms with E-state index in [-0.39, 0.29) is 35.6 Å². The van der Waals surface area contributed by atoms with E-state index in [9.17, 15) is 0 Å². The van der Waals surface area contributed by atoms with Gasteiger partial charge in [0.2, 0.25) is 0 Å². The van der Waals surface area contributed by atoms with Crippen molar-refractivity contribution in [2.75, 3.05) is 0 Å². The number of hydrogen-bond donors (Lipinski definition) is 0. The Kier molecular flexibility index (Phi) is 44.3. The van der Waals surface area contributed by atoms with Crippen LogP contribution < -0.4 is 24.8 Å². The van der Waals surface area contributed by atoms with Crippen molar-refractivity contribution in [3.05, 3.63) is 197 Å². The van der Waals surface area contributed by atoms with Crippen molar-refractivity contribution in [2.45, 2.75) is 329 Å². The van der Waals surface area contributed by atoms with Crippen molar-refractivity contribution in [1.29, 1.82) is 0 Å². The summed E-state index contributed by atoms with van der Waals surface area (Å²) in [5.41, 5.74) is 14.6. The molecule has 0 saturated heterocycles. The second kappa shape index (κ2) is 50.3. The van der Waals surface area contributed by atoms with Gasteiger partial charge >= 0.3 is 112 Å². The second-order valence-electron chi connectivity index (χ2n) is 30.4. The van der Waals surface area contributed by atoms with Crippen molar-refractivity contribution in [2.24, 2.45) is 0 Å². The summed E-state index contributed by atoms with van der Waals surface area (Å²) in [6, 6.07) is 53.0. The molecule has 7 aromatic rings. The summed E-state index contributed by atoms with van der Waals surface area (Å²) in [6.07, 6.45) is 65.7. The van der Waals surface area contributed by atoms with Gasteiger partial charge in [0.15, 0.2) is 0 Å². The molecule has 0 N–H and O–H groups in total. The van der Waals surface area contributed by atoms with Crippen LogP contribution in [0.1, 0.15) is 326 Å². The van der Waals surface area contributed by atoms with E-state index in [1.165, 1.54) is 308 Å². The van der Waals surface area contributed by atoms with Crippen LogP contribution in [0.5, 0.6) is 0 Å². The molecule has 0 atom stereocenters. The van der Waals surface area contributed by atoms with E-state index < -0.39 is 0 Å². The first-order valence-corrected chi connectivity index (χ1v) is 40.3. The zero-order valence-corrected chi connectivity index (χ0v) is 66.2. The minimum absolute atomic E-state index is 0. The third-order valence-corrected chi connectivity index (χ3v) is 20.8. The molecule has 8 rings (SSSR count). The van der Waals surface area contributed by atoms with Crippen molar-refractivity contribution in [3.63, 3.8) is 0 Å². The van der Waals surface area contributed by atoms with Gasteiger partial charge in [-0.15, -0.1) is 46.2 Å². The van der Waals surface area contributed by atoms with Crippen LogP contribution >= 0.6 is 0 Å². The molecule has 0 fully saturated rings. The van der Waals surface area contributed by atoms with Crippen molar-refractivity contribution in [3.8, 4) is 22.3 Å². The van der Waals surface area contributed by atoms with Crippen LogP contribution in [-0.2, 0) is 60.7 Å². The minimum atomic E-state index is 0. The Hall–Kier alpha value is -4.00. The monoisotopic (exact) mass is 1410 g/mol. The Morgan fingerprint density at radius 2 is 0.656 bits per heavy atom. The van der Waals surface area contributed by atoms with Crippen molar-refractivity contribution in [1.82, 2.24) is 0 Å². The maximum absolute atomic E-state index is 2.99. The molecule has 0 saturated carbocycles. The quantitative estimate of drug-likeness (QED) is 0.0264. The number of hydrogen-bond acceptors (Lipinski definition) is 0. The molecule has 96 heavy (non-hydrogen) atoms. The second-order valence-corrected chi connectivity index (χ2v) is 32.1. The number of aryl methyl sites for hydroxylation is 2. The summed E-state index contributed by atoms with van der Waals surface area (Å²) in [5, 5.41) is 5.58. The summed E-state index contributed by atoms with van der Waals surface area (Å²) in [5.74, 6) is 0. The molecule has 7 aromatic carbocycles. The fourth-order valence-corrected chi connectivity index (χ4v) is 15.3. The predicted octanol–water partition coefficient (Wildman–Crippen LogP) is 23.3. The zero-order valence-electron chi connectivity index (χ0n) is 62.3. The van der Waals surface area contributed by atoms with Crippen LogP contribution in [0.25, 0.3) is 43.8 Å². The number of rotatable bonds is 44. The van der Waals surface area contributed by atoms with Gasteiger partial charge in [-0.05, 0) is 81.0 Å². The summed E-state index contributed by atoms with van der Waals surface area (Å²) in [6.45, 7) is 19.1. The molecule has 0 unspecified atom stereocenters.